The van der Waals surface area contributed by atoms with Crippen LogP contribution in [-0.2, 0) is 0 Å². The van der Waals surface area contributed by atoms with Crippen molar-refractivity contribution < 1.29 is 4.79 Å². The van der Waals surface area contributed by atoms with Gasteiger partial charge in [-0.2, -0.15) is 20.1 Å². The standard InChI is InChI=1S/C23H21N5O2/c1-15(2)18-11-9-17(10-12-18)14-25-26-22(29)21-16(3)20(13-24)23(30)28(27-21)19-7-5-4-6-8-19/h4-12,14-15H,1-3H3,(H,26,29)/b25-14+. The minimum Gasteiger partial charge on any atom is -0.266 e. The molecule has 0 aliphatic heterocycles. The monoisotopic (exact) mass is 399 g/mol. The van der Waals surface area contributed by atoms with Gasteiger partial charge < -0.3 is 0 Å². The zero-order valence-electron chi connectivity index (χ0n) is 17.0. The third-order valence-electron chi connectivity index (χ3n) is 4.65. The van der Waals surface area contributed by atoms with Gasteiger partial charge in [-0.1, -0.05) is 56.3 Å². The maximum Gasteiger partial charge on any atom is 0.292 e. The van der Waals surface area contributed by atoms with E-state index in [1.54, 1.807) is 30.3 Å². The number of aromatic nitrogens is 2. The van der Waals surface area contributed by atoms with E-state index in [4.69, 9.17) is 0 Å². The first-order valence-electron chi connectivity index (χ1n) is 9.45. The van der Waals surface area contributed by atoms with Crippen molar-refractivity contribution in [1.29, 1.82) is 5.26 Å². The molecule has 3 rings (SSSR count). The molecule has 0 fully saturated rings. The number of hydrogen-bond acceptors (Lipinski definition) is 5. The molecule has 0 saturated heterocycles. The zero-order valence-corrected chi connectivity index (χ0v) is 17.0. The molecule has 0 aliphatic carbocycles. The Kier molecular flexibility index (Phi) is 6.18. The average molecular weight is 399 g/mol. The molecular formula is C23H21N5O2. The fourth-order valence-electron chi connectivity index (χ4n) is 2.88. The summed E-state index contributed by atoms with van der Waals surface area (Å²) >= 11 is 0. The topological polar surface area (TPSA) is 100 Å². The third-order valence-corrected chi connectivity index (χ3v) is 4.65. The van der Waals surface area contributed by atoms with Gasteiger partial charge in [0, 0.05) is 5.56 Å². The molecule has 0 spiro atoms. The molecule has 7 nitrogen and oxygen atoms in total. The van der Waals surface area contributed by atoms with Crippen molar-refractivity contribution in [2.75, 3.05) is 0 Å². The number of hydrazone groups is 1. The summed E-state index contributed by atoms with van der Waals surface area (Å²) in [6.07, 6.45) is 1.52. The number of benzene rings is 2. The van der Waals surface area contributed by atoms with Gasteiger partial charge in [-0.15, -0.1) is 0 Å². The number of nitrogens with one attached hydrogen (secondary N) is 1. The summed E-state index contributed by atoms with van der Waals surface area (Å²) in [7, 11) is 0. The van der Waals surface area contributed by atoms with Crippen LogP contribution in [0.3, 0.4) is 0 Å². The van der Waals surface area contributed by atoms with Crippen LogP contribution in [0.4, 0.5) is 0 Å². The van der Waals surface area contributed by atoms with Gasteiger partial charge in [-0.3, -0.25) is 9.59 Å². The molecule has 7 heteroatoms. The van der Waals surface area contributed by atoms with Gasteiger partial charge in [0.25, 0.3) is 11.5 Å². The summed E-state index contributed by atoms with van der Waals surface area (Å²) < 4.78 is 1.05. The van der Waals surface area contributed by atoms with Crippen molar-refractivity contribution in [2.24, 2.45) is 5.10 Å². The second-order valence-corrected chi connectivity index (χ2v) is 7.03. The zero-order chi connectivity index (χ0) is 21.7. The van der Waals surface area contributed by atoms with Crippen molar-refractivity contribution in [1.82, 2.24) is 15.2 Å². The number of amides is 1. The van der Waals surface area contributed by atoms with E-state index in [1.165, 1.54) is 18.7 Å². The normalized spacial score (nSPS) is 10.9. The van der Waals surface area contributed by atoms with Gasteiger partial charge in [-0.05, 0) is 36.1 Å². The van der Waals surface area contributed by atoms with E-state index in [0.717, 1.165) is 10.2 Å². The van der Waals surface area contributed by atoms with Gasteiger partial charge in [0.1, 0.15) is 11.6 Å². The Bertz CT molecular complexity index is 1190. The van der Waals surface area contributed by atoms with E-state index >= 15 is 0 Å². The minimum atomic E-state index is -0.608. The maximum atomic E-state index is 12.6. The summed E-state index contributed by atoms with van der Waals surface area (Å²) in [6.45, 7) is 5.75. The highest BCUT2D eigenvalue weighted by Gasteiger charge is 2.20. The van der Waals surface area contributed by atoms with Gasteiger partial charge in [0.2, 0.25) is 0 Å². The van der Waals surface area contributed by atoms with Crippen LogP contribution >= 0.6 is 0 Å². The van der Waals surface area contributed by atoms with Gasteiger partial charge >= 0.3 is 0 Å². The fourth-order valence-corrected chi connectivity index (χ4v) is 2.88. The maximum absolute atomic E-state index is 12.6. The minimum absolute atomic E-state index is 0.0395. The molecule has 0 saturated carbocycles. The number of nitrogens with zero attached hydrogens (tertiary/aromatic N) is 4. The van der Waals surface area contributed by atoms with E-state index in [1.807, 2.05) is 30.3 Å². The van der Waals surface area contributed by atoms with Crippen molar-refractivity contribution in [2.45, 2.75) is 26.7 Å². The van der Waals surface area contributed by atoms with Crippen LogP contribution in [0.2, 0.25) is 0 Å². The first-order valence-corrected chi connectivity index (χ1v) is 9.45. The molecule has 30 heavy (non-hydrogen) atoms. The van der Waals surface area contributed by atoms with E-state index < -0.39 is 11.5 Å². The molecule has 3 aromatic rings. The second kappa shape index (κ2) is 8.97. The summed E-state index contributed by atoms with van der Waals surface area (Å²) in [5.41, 5.74) is 4.38. The molecule has 2 aromatic carbocycles. The van der Waals surface area contributed by atoms with Crippen molar-refractivity contribution >= 4 is 12.1 Å². The number of hydrogen-bond donors (Lipinski definition) is 1. The van der Waals surface area contributed by atoms with E-state index in [0.29, 0.717) is 11.6 Å². The van der Waals surface area contributed by atoms with Crippen LogP contribution in [0, 0.1) is 18.3 Å². The predicted octanol–water partition coefficient (Wildman–Crippen LogP) is 3.30. The highest BCUT2D eigenvalue weighted by atomic mass is 16.2. The average Bonchev–Trinajstić information content (AvgIpc) is 2.75. The molecule has 1 N–H and O–H groups in total. The largest absolute Gasteiger partial charge is 0.292 e. The highest BCUT2D eigenvalue weighted by Crippen LogP contribution is 2.14. The fraction of sp³-hybridized carbons (Fsp3) is 0.174. The lowest BCUT2D eigenvalue weighted by atomic mass is 10.0. The van der Waals surface area contributed by atoms with Crippen LogP contribution in [0.1, 0.15) is 52.5 Å². The Hall–Kier alpha value is -4.05. The second-order valence-electron chi connectivity index (χ2n) is 7.03. The van der Waals surface area contributed by atoms with Crippen LogP contribution in [0.25, 0.3) is 5.69 Å². The lowest BCUT2D eigenvalue weighted by Gasteiger charge is -2.10. The van der Waals surface area contributed by atoms with Crippen molar-refractivity contribution in [3.05, 3.63) is 92.9 Å². The quantitative estimate of drug-likeness (QED) is 0.525. The third kappa shape index (κ3) is 4.33. The van der Waals surface area contributed by atoms with Crippen LogP contribution in [0.15, 0.2) is 64.5 Å². The molecule has 1 heterocycles. The lowest BCUT2D eigenvalue weighted by Crippen LogP contribution is -2.31. The first-order chi connectivity index (χ1) is 14.4. The van der Waals surface area contributed by atoms with Gasteiger partial charge in [0.15, 0.2) is 5.69 Å². The summed E-state index contributed by atoms with van der Waals surface area (Å²) in [4.78, 5) is 25.2. The number of carbonyl (C=O) groups excluding carboxylic acids is 1. The lowest BCUT2D eigenvalue weighted by molar-refractivity contribution is 0.0947. The van der Waals surface area contributed by atoms with Gasteiger partial charge in [-0.25, -0.2) is 5.43 Å². The van der Waals surface area contributed by atoms with E-state index in [9.17, 15) is 14.9 Å². The van der Waals surface area contributed by atoms with E-state index in [2.05, 4.69) is 29.5 Å². The van der Waals surface area contributed by atoms with Crippen LogP contribution in [0.5, 0.6) is 0 Å². The molecule has 0 radical (unpaired) electrons. The Morgan fingerprint density at radius 1 is 1.17 bits per heavy atom. The summed E-state index contributed by atoms with van der Waals surface area (Å²) in [6, 6.07) is 18.3. The molecule has 1 amide bonds. The van der Waals surface area contributed by atoms with Crippen LogP contribution < -0.4 is 11.0 Å². The molecule has 150 valence electrons. The summed E-state index contributed by atoms with van der Waals surface area (Å²) in [5.74, 6) is -0.178. The van der Waals surface area contributed by atoms with Crippen molar-refractivity contribution in [3.63, 3.8) is 0 Å². The molecule has 0 atom stereocenters. The highest BCUT2D eigenvalue weighted by molar-refractivity contribution is 5.94. The number of carbonyl (C=O) groups is 1. The Labute approximate surface area is 174 Å². The number of nitriles is 1. The number of rotatable bonds is 5. The Morgan fingerprint density at radius 2 is 1.83 bits per heavy atom. The van der Waals surface area contributed by atoms with Crippen LogP contribution in [-0.4, -0.2) is 21.9 Å². The smallest absolute Gasteiger partial charge is 0.266 e. The molecular weight excluding hydrogens is 378 g/mol. The Morgan fingerprint density at radius 3 is 2.43 bits per heavy atom. The SMILES string of the molecule is Cc1c(C(=O)N/N=C/c2ccc(C(C)C)cc2)nn(-c2ccccc2)c(=O)c1C#N. The van der Waals surface area contributed by atoms with E-state index in [-0.39, 0.29) is 16.8 Å². The van der Waals surface area contributed by atoms with Gasteiger partial charge in [0.05, 0.1) is 11.9 Å². The molecule has 0 aliphatic rings. The predicted molar refractivity (Wildman–Crippen MR) is 115 cm³/mol. The Balaban J connectivity index is 1.88. The van der Waals surface area contributed by atoms with Crippen molar-refractivity contribution in [3.8, 4) is 11.8 Å². The summed E-state index contributed by atoms with van der Waals surface area (Å²) in [5, 5.41) is 17.6. The molecule has 1 aromatic heterocycles. The molecule has 0 bridgehead atoms. The molecule has 0 unspecified atom stereocenters. The first kappa shape index (κ1) is 20.7. The number of para-hydroxylation sites is 1.